The predicted octanol–water partition coefficient (Wildman–Crippen LogP) is 1.11. The minimum Gasteiger partial charge on any atom is -0.394 e. The molecule has 2 rings (SSSR count). The van der Waals surface area contributed by atoms with Crippen molar-refractivity contribution in [3.05, 3.63) is 24.0 Å². The lowest BCUT2D eigenvalue weighted by Crippen LogP contribution is -2.49. The van der Waals surface area contributed by atoms with Gasteiger partial charge in [-0.2, -0.15) is 0 Å². The molecule has 0 amide bonds. The van der Waals surface area contributed by atoms with Crippen LogP contribution in [0.3, 0.4) is 0 Å². The second kappa shape index (κ2) is 6.32. The Morgan fingerprint density at radius 1 is 1.53 bits per heavy atom. The fourth-order valence-electron chi connectivity index (χ4n) is 2.26. The van der Waals surface area contributed by atoms with Crippen LogP contribution in [0, 0.1) is 0 Å². The Morgan fingerprint density at radius 3 is 2.89 bits per heavy atom. The number of morpholine rings is 1. The average Bonchev–Trinajstić information content (AvgIpc) is 2.47. The monoisotopic (exact) mass is 266 g/mol. The van der Waals surface area contributed by atoms with Gasteiger partial charge in [-0.05, 0) is 25.5 Å². The van der Waals surface area contributed by atoms with Crippen LogP contribution < -0.4 is 4.90 Å². The average molecular weight is 266 g/mol. The van der Waals surface area contributed by atoms with Gasteiger partial charge in [0.1, 0.15) is 0 Å². The molecular weight excluding hydrogens is 244 g/mol. The number of rotatable bonds is 4. The number of aliphatic hydroxyl groups is 2. The van der Waals surface area contributed by atoms with Crippen LogP contribution in [-0.2, 0) is 4.74 Å². The normalized spacial score (nSPS) is 25.4. The van der Waals surface area contributed by atoms with E-state index in [0.29, 0.717) is 25.3 Å². The van der Waals surface area contributed by atoms with Gasteiger partial charge in [0.05, 0.1) is 43.0 Å². The van der Waals surface area contributed by atoms with E-state index < -0.39 is 6.10 Å². The molecule has 19 heavy (non-hydrogen) atoms. The molecule has 1 aromatic heterocycles. The molecule has 1 aromatic rings. The second-order valence-electron chi connectivity index (χ2n) is 5.00. The highest BCUT2D eigenvalue weighted by Crippen LogP contribution is 2.23. The molecule has 0 aromatic carbocycles. The Morgan fingerprint density at radius 2 is 2.32 bits per heavy atom. The van der Waals surface area contributed by atoms with Gasteiger partial charge in [0.15, 0.2) is 0 Å². The number of pyridine rings is 1. The summed E-state index contributed by atoms with van der Waals surface area (Å²) in [6.45, 7) is 5.31. The number of aromatic nitrogens is 1. The van der Waals surface area contributed by atoms with Crippen LogP contribution in [-0.4, -0.2) is 47.1 Å². The number of ether oxygens (including phenoxy) is 1. The van der Waals surface area contributed by atoms with E-state index in [1.54, 1.807) is 6.20 Å². The molecule has 0 aliphatic carbocycles. The molecule has 2 unspecified atom stereocenters. The van der Waals surface area contributed by atoms with Gasteiger partial charge < -0.3 is 19.8 Å². The van der Waals surface area contributed by atoms with Crippen LogP contribution in [0.1, 0.15) is 32.1 Å². The molecule has 0 saturated carbocycles. The van der Waals surface area contributed by atoms with Crippen LogP contribution in [0.25, 0.3) is 0 Å². The molecule has 0 bridgehead atoms. The summed E-state index contributed by atoms with van der Waals surface area (Å²) >= 11 is 0. The topological polar surface area (TPSA) is 65.8 Å². The maximum absolute atomic E-state index is 9.73. The van der Waals surface area contributed by atoms with Gasteiger partial charge in [0.2, 0.25) is 0 Å². The quantitative estimate of drug-likeness (QED) is 0.854. The Balaban J connectivity index is 2.11. The van der Waals surface area contributed by atoms with Crippen LogP contribution in [0.5, 0.6) is 0 Å². The van der Waals surface area contributed by atoms with E-state index in [9.17, 15) is 10.2 Å². The van der Waals surface area contributed by atoms with Crippen LogP contribution in [0.15, 0.2) is 18.3 Å². The first kappa shape index (κ1) is 14.2. The molecule has 1 aliphatic heterocycles. The van der Waals surface area contributed by atoms with Crippen molar-refractivity contribution >= 4 is 5.69 Å². The van der Waals surface area contributed by atoms with Crippen LogP contribution in [0.4, 0.5) is 5.69 Å². The van der Waals surface area contributed by atoms with E-state index in [1.165, 1.54) is 0 Å². The van der Waals surface area contributed by atoms with Crippen molar-refractivity contribution < 1.29 is 14.9 Å². The minimum absolute atomic E-state index is 0.0310. The van der Waals surface area contributed by atoms with Gasteiger partial charge in [-0.15, -0.1) is 0 Å². The van der Waals surface area contributed by atoms with E-state index in [-0.39, 0.29) is 18.8 Å². The van der Waals surface area contributed by atoms with Crippen molar-refractivity contribution in [3.63, 3.8) is 0 Å². The zero-order chi connectivity index (χ0) is 13.8. The summed E-state index contributed by atoms with van der Waals surface area (Å²) in [5, 5.41) is 18.9. The van der Waals surface area contributed by atoms with Gasteiger partial charge in [-0.25, -0.2) is 0 Å². The van der Waals surface area contributed by atoms with E-state index in [0.717, 1.165) is 5.69 Å². The Kier molecular flexibility index (Phi) is 4.74. The summed E-state index contributed by atoms with van der Waals surface area (Å²) in [6, 6.07) is 4.09. The predicted molar refractivity (Wildman–Crippen MR) is 73.1 cm³/mol. The first-order valence-electron chi connectivity index (χ1n) is 6.78. The van der Waals surface area contributed by atoms with Gasteiger partial charge in [-0.3, -0.25) is 4.98 Å². The fraction of sp³-hybridized carbons (Fsp3) is 0.643. The van der Waals surface area contributed by atoms with Crippen molar-refractivity contribution in [1.29, 1.82) is 0 Å². The second-order valence-corrected chi connectivity index (χ2v) is 5.00. The van der Waals surface area contributed by atoms with E-state index in [1.807, 2.05) is 19.1 Å². The fourth-order valence-corrected chi connectivity index (χ4v) is 2.26. The zero-order valence-corrected chi connectivity index (χ0v) is 11.5. The molecule has 0 spiro atoms. The summed E-state index contributed by atoms with van der Waals surface area (Å²) in [5.41, 5.74) is 1.70. The Labute approximate surface area is 113 Å². The summed E-state index contributed by atoms with van der Waals surface area (Å²) < 4.78 is 5.52. The molecule has 1 fully saturated rings. The molecule has 2 heterocycles. The standard InChI is InChI=1S/C14H22N2O3/c1-3-14(18)13-5-4-11(6-15-13)16-7-12(8-17)19-9-10(16)2/h4-6,10,12,14,17-18H,3,7-9H2,1-2H3/t10?,12?,14-/m0/s1. The largest absolute Gasteiger partial charge is 0.394 e. The van der Waals surface area contributed by atoms with Crippen LogP contribution in [0.2, 0.25) is 0 Å². The highest BCUT2D eigenvalue weighted by Gasteiger charge is 2.26. The minimum atomic E-state index is -0.499. The van der Waals surface area contributed by atoms with Gasteiger partial charge in [0, 0.05) is 12.6 Å². The summed E-state index contributed by atoms with van der Waals surface area (Å²) in [6.07, 6.45) is 1.80. The third-order valence-corrected chi connectivity index (χ3v) is 3.54. The highest BCUT2D eigenvalue weighted by molar-refractivity contribution is 5.46. The lowest BCUT2D eigenvalue weighted by molar-refractivity contribution is -0.0103. The molecule has 1 aliphatic rings. The molecular formula is C14H22N2O3. The van der Waals surface area contributed by atoms with Crippen molar-refractivity contribution in [3.8, 4) is 0 Å². The lowest BCUT2D eigenvalue weighted by atomic mass is 10.1. The van der Waals surface area contributed by atoms with Crippen molar-refractivity contribution in [2.75, 3.05) is 24.7 Å². The number of nitrogens with zero attached hydrogens (tertiary/aromatic N) is 2. The number of aliphatic hydroxyl groups excluding tert-OH is 2. The molecule has 3 atom stereocenters. The van der Waals surface area contributed by atoms with Crippen LogP contribution >= 0.6 is 0 Å². The number of hydrogen-bond acceptors (Lipinski definition) is 5. The molecule has 5 heteroatoms. The summed E-state index contributed by atoms with van der Waals surface area (Å²) in [7, 11) is 0. The van der Waals surface area contributed by atoms with Crippen molar-refractivity contribution in [2.24, 2.45) is 0 Å². The van der Waals surface area contributed by atoms with Crippen molar-refractivity contribution in [2.45, 2.75) is 38.5 Å². The Bertz CT molecular complexity index is 396. The molecule has 1 saturated heterocycles. The lowest BCUT2D eigenvalue weighted by Gasteiger charge is -2.38. The van der Waals surface area contributed by atoms with Gasteiger partial charge in [0.25, 0.3) is 0 Å². The molecule has 2 N–H and O–H groups in total. The summed E-state index contributed by atoms with van der Waals surface area (Å²) in [5.74, 6) is 0. The third-order valence-electron chi connectivity index (χ3n) is 3.54. The maximum atomic E-state index is 9.73. The van der Waals surface area contributed by atoms with Gasteiger partial charge in [-0.1, -0.05) is 6.92 Å². The van der Waals surface area contributed by atoms with E-state index in [4.69, 9.17) is 4.74 Å². The molecule has 5 nitrogen and oxygen atoms in total. The highest BCUT2D eigenvalue weighted by atomic mass is 16.5. The molecule has 0 radical (unpaired) electrons. The maximum Gasteiger partial charge on any atom is 0.0981 e. The number of anilines is 1. The third kappa shape index (κ3) is 3.23. The van der Waals surface area contributed by atoms with E-state index in [2.05, 4.69) is 16.8 Å². The van der Waals surface area contributed by atoms with Crippen molar-refractivity contribution in [1.82, 2.24) is 4.98 Å². The number of hydrogen-bond donors (Lipinski definition) is 2. The first-order valence-corrected chi connectivity index (χ1v) is 6.78. The molecule has 106 valence electrons. The zero-order valence-electron chi connectivity index (χ0n) is 11.5. The SMILES string of the molecule is CC[C@H](O)c1ccc(N2CC(CO)OCC2C)cn1. The first-order chi connectivity index (χ1) is 9.15. The smallest absolute Gasteiger partial charge is 0.0981 e. The van der Waals surface area contributed by atoms with Gasteiger partial charge >= 0.3 is 0 Å². The van der Waals surface area contributed by atoms with E-state index >= 15 is 0 Å². The summed E-state index contributed by atoms with van der Waals surface area (Å²) in [4.78, 5) is 6.50. The Hall–Kier alpha value is -1.17.